The Balaban J connectivity index is 1.70. The molecule has 0 bridgehead atoms. The molecule has 0 fully saturated rings. The first-order valence-corrected chi connectivity index (χ1v) is 10.4. The van der Waals surface area contributed by atoms with Gasteiger partial charge in [-0.3, -0.25) is 0 Å². The molecule has 1 aromatic heterocycles. The summed E-state index contributed by atoms with van der Waals surface area (Å²) in [6, 6.07) is 16.7. The normalized spacial score (nSPS) is 11.2. The first kappa shape index (κ1) is 19.5. The van der Waals surface area contributed by atoms with E-state index < -0.39 is 0 Å². The lowest BCUT2D eigenvalue weighted by Crippen LogP contribution is -2.01. The lowest BCUT2D eigenvalue weighted by molar-refractivity contribution is 0.415. The van der Waals surface area contributed by atoms with Crippen molar-refractivity contribution in [3.05, 3.63) is 48.5 Å². The molecule has 0 aliphatic heterocycles. The predicted octanol–water partition coefficient (Wildman–Crippen LogP) is 6.85. The van der Waals surface area contributed by atoms with Gasteiger partial charge in [0, 0.05) is 12.1 Å². The number of ether oxygens (including phenoxy) is 1. The van der Waals surface area contributed by atoms with Gasteiger partial charge >= 0.3 is 0 Å². The third-order valence-corrected chi connectivity index (χ3v) is 5.22. The van der Waals surface area contributed by atoms with E-state index in [9.17, 15) is 0 Å². The third-order valence-electron chi connectivity index (χ3n) is 5.22. The molecule has 0 atom stereocenters. The van der Waals surface area contributed by atoms with Crippen molar-refractivity contribution in [2.75, 3.05) is 7.11 Å². The maximum Gasteiger partial charge on any atom is 0.141 e. The van der Waals surface area contributed by atoms with Crippen LogP contribution < -0.4 is 4.74 Å². The van der Waals surface area contributed by atoms with Crippen LogP contribution in [0.5, 0.6) is 5.75 Å². The molecule has 3 heteroatoms. The highest BCUT2D eigenvalue weighted by molar-refractivity contribution is 5.80. The minimum absolute atomic E-state index is 0.873. The van der Waals surface area contributed by atoms with E-state index in [1.807, 2.05) is 12.1 Å². The van der Waals surface area contributed by atoms with Crippen molar-refractivity contribution in [1.29, 1.82) is 0 Å². The van der Waals surface area contributed by atoms with Crippen molar-refractivity contribution >= 4 is 11.0 Å². The Kier molecular flexibility index (Phi) is 7.32. The van der Waals surface area contributed by atoms with E-state index in [0.29, 0.717) is 0 Å². The van der Waals surface area contributed by atoms with Crippen LogP contribution in [0, 0.1) is 0 Å². The number of imidazole rings is 1. The Hall–Kier alpha value is -2.29. The average molecular weight is 365 g/mol. The van der Waals surface area contributed by atoms with Gasteiger partial charge in [0.25, 0.3) is 0 Å². The fraction of sp³-hybridized carbons (Fsp3) is 0.458. The minimum atomic E-state index is 0.873. The van der Waals surface area contributed by atoms with E-state index in [2.05, 4.69) is 47.9 Å². The summed E-state index contributed by atoms with van der Waals surface area (Å²) in [6.07, 6.45) is 10.7. The number of hydrogen-bond acceptors (Lipinski definition) is 2. The van der Waals surface area contributed by atoms with Gasteiger partial charge in [-0.25, -0.2) is 4.98 Å². The van der Waals surface area contributed by atoms with Crippen LogP contribution in [0.3, 0.4) is 0 Å². The topological polar surface area (TPSA) is 27.1 Å². The highest BCUT2D eigenvalue weighted by Crippen LogP contribution is 2.28. The zero-order chi connectivity index (χ0) is 18.9. The van der Waals surface area contributed by atoms with E-state index >= 15 is 0 Å². The van der Waals surface area contributed by atoms with E-state index in [1.54, 1.807) is 7.11 Å². The number of fused-ring (bicyclic) bond motifs is 1. The number of aryl methyl sites for hydroxylation is 1. The molecule has 144 valence electrons. The summed E-state index contributed by atoms with van der Waals surface area (Å²) in [5.41, 5.74) is 3.40. The van der Waals surface area contributed by atoms with Crippen LogP contribution in [0.2, 0.25) is 0 Å². The number of benzene rings is 2. The maximum atomic E-state index is 5.41. The molecule has 3 aromatic rings. The molecule has 0 unspecified atom stereocenters. The van der Waals surface area contributed by atoms with Gasteiger partial charge in [-0.2, -0.15) is 0 Å². The molecule has 1 heterocycles. The zero-order valence-electron chi connectivity index (χ0n) is 16.8. The molecule has 3 nitrogen and oxygen atoms in total. The van der Waals surface area contributed by atoms with Crippen LogP contribution in [0.4, 0.5) is 0 Å². The first-order valence-electron chi connectivity index (χ1n) is 10.4. The van der Waals surface area contributed by atoms with Gasteiger partial charge in [0.2, 0.25) is 0 Å². The second-order valence-corrected chi connectivity index (χ2v) is 7.28. The molecular formula is C24H32N2O. The second-order valence-electron chi connectivity index (χ2n) is 7.28. The summed E-state index contributed by atoms with van der Waals surface area (Å²) in [7, 11) is 1.71. The van der Waals surface area contributed by atoms with Gasteiger partial charge in [0.15, 0.2) is 0 Å². The smallest absolute Gasteiger partial charge is 0.141 e. The quantitative estimate of drug-likeness (QED) is 0.348. The Morgan fingerprint density at radius 2 is 1.59 bits per heavy atom. The first-order chi connectivity index (χ1) is 13.3. The Morgan fingerprint density at radius 3 is 2.37 bits per heavy atom. The lowest BCUT2D eigenvalue weighted by atomic mass is 10.1. The number of hydrogen-bond donors (Lipinski definition) is 0. The van der Waals surface area contributed by atoms with Crippen molar-refractivity contribution < 1.29 is 4.74 Å². The predicted molar refractivity (Wildman–Crippen MR) is 114 cm³/mol. The molecule has 0 radical (unpaired) electrons. The van der Waals surface area contributed by atoms with Gasteiger partial charge < -0.3 is 9.30 Å². The number of nitrogens with zero attached hydrogens (tertiary/aromatic N) is 2. The molecule has 0 N–H and O–H groups in total. The maximum absolute atomic E-state index is 5.41. The summed E-state index contributed by atoms with van der Waals surface area (Å²) in [6.45, 7) is 3.29. The monoisotopic (exact) mass is 364 g/mol. The molecule has 0 aliphatic rings. The van der Waals surface area contributed by atoms with Crippen LogP contribution in [0.15, 0.2) is 48.5 Å². The van der Waals surface area contributed by atoms with E-state index in [4.69, 9.17) is 9.72 Å². The van der Waals surface area contributed by atoms with E-state index in [1.165, 1.54) is 56.9 Å². The summed E-state index contributed by atoms with van der Waals surface area (Å²) in [4.78, 5) is 4.91. The van der Waals surface area contributed by atoms with Crippen molar-refractivity contribution in [2.45, 2.75) is 64.8 Å². The Morgan fingerprint density at radius 1 is 0.852 bits per heavy atom. The van der Waals surface area contributed by atoms with Crippen molar-refractivity contribution in [1.82, 2.24) is 9.55 Å². The second kappa shape index (κ2) is 10.1. The molecule has 27 heavy (non-hydrogen) atoms. The molecule has 3 rings (SSSR count). The minimum Gasteiger partial charge on any atom is -0.497 e. The van der Waals surface area contributed by atoms with Gasteiger partial charge in [-0.1, -0.05) is 76.1 Å². The average Bonchev–Trinajstić information content (AvgIpc) is 3.09. The number of unbranched alkanes of at least 4 members (excludes halogenated alkanes) is 7. The van der Waals surface area contributed by atoms with Gasteiger partial charge in [-0.15, -0.1) is 0 Å². The summed E-state index contributed by atoms with van der Waals surface area (Å²) in [5.74, 6) is 1.91. The summed E-state index contributed by atoms with van der Waals surface area (Å²) in [5, 5.41) is 0. The van der Waals surface area contributed by atoms with Crippen LogP contribution in [-0.2, 0) is 6.54 Å². The van der Waals surface area contributed by atoms with Crippen molar-refractivity contribution in [2.24, 2.45) is 0 Å². The fourth-order valence-electron chi connectivity index (χ4n) is 3.69. The molecule has 0 saturated carbocycles. The standard InChI is InChI=1S/C24H32N2O/c1-3-4-5-6-7-8-9-12-18-26-23-17-11-10-16-22(23)25-24(26)20-14-13-15-21(19-20)27-2/h10-11,13-17,19H,3-9,12,18H2,1-2H3. The number of rotatable bonds is 11. The molecular weight excluding hydrogens is 332 g/mol. The highest BCUT2D eigenvalue weighted by atomic mass is 16.5. The van der Waals surface area contributed by atoms with E-state index in [-0.39, 0.29) is 0 Å². The number of aromatic nitrogens is 2. The van der Waals surface area contributed by atoms with Crippen LogP contribution in [0.1, 0.15) is 58.3 Å². The third kappa shape index (κ3) is 5.12. The van der Waals surface area contributed by atoms with Gasteiger partial charge in [0.05, 0.1) is 18.1 Å². The van der Waals surface area contributed by atoms with Crippen LogP contribution in [0.25, 0.3) is 22.4 Å². The summed E-state index contributed by atoms with van der Waals surface area (Å²) < 4.78 is 7.78. The van der Waals surface area contributed by atoms with E-state index in [0.717, 1.165) is 29.2 Å². The summed E-state index contributed by atoms with van der Waals surface area (Å²) >= 11 is 0. The Bertz CT molecular complexity index is 837. The van der Waals surface area contributed by atoms with Crippen molar-refractivity contribution in [3.8, 4) is 17.1 Å². The number of para-hydroxylation sites is 2. The number of methoxy groups -OCH3 is 1. The zero-order valence-corrected chi connectivity index (χ0v) is 16.8. The van der Waals surface area contributed by atoms with Crippen LogP contribution in [-0.4, -0.2) is 16.7 Å². The lowest BCUT2D eigenvalue weighted by Gasteiger charge is -2.10. The molecule has 0 spiro atoms. The molecule has 2 aromatic carbocycles. The molecule has 0 saturated heterocycles. The SMILES string of the molecule is CCCCCCCCCCn1c(-c2cccc(OC)c2)nc2ccccc21. The molecule has 0 aliphatic carbocycles. The highest BCUT2D eigenvalue weighted by Gasteiger charge is 2.12. The molecule has 0 amide bonds. The fourth-order valence-corrected chi connectivity index (χ4v) is 3.69. The van der Waals surface area contributed by atoms with Gasteiger partial charge in [-0.05, 0) is 30.7 Å². The largest absolute Gasteiger partial charge is 0.497 e. The van der Waals surface area contributed by atoms with Crippen molar-refractivity contribution in [3.63, 3.8) is 0 Å². The Labute approximate surface area is 163 Å². The van der Waals surface area contributed by atoms with Gasteiger partial charge in [0.1, 0.15) is 11.6 Å². The van der Waals surface area contributed by atoms with Crippen LogP contribution >= 0.6 is 0 Å².